The molecule has 2 aromatic rings. The van der Waals surface area contributed by atoms with Gasteiger partial charge in [-0.3, -0.25) is 4.68 Å². The van der Waals surface area contributed by atoms with Gasteiger partial charge in [-0.15, -0.1) is 0 Å². The lowest BCUT2D eigenvalue weighted by Gasteiger charge is -2.09. The molecule has 24 heavy (non-hydrogen) atoms. The number of aromatic nitrogens is 2. The van der Waals surface area contributed by atoms with Crippen molar-refractivity contribution in [1.82, 2.24) is 9.78 Å². The first-order chi connectivity index (χ1) is 11.4. The number of benzene rings is 1. The number of halogens is 3. The maximum atomic E-state index is 13.1. The van der Waals surface area contributed by atoms with E-state index in [0.29, 0.717) is 16.9 Å². The zero-order chi connectivity index (χ0) is 17.7. The van der Waals surface area contributed by atoms with E-state index < -0.39 is 11.9 Å². The van der Waals surface area contributed by atoms with Gasteiger partial charge in [0.1, 0.15) is 5.75 Å². The molecule has 0 saturated heterocycles. The molecule has 5 nitrogen and oxygen atoms in total. The highest BCUT2D eigenvalue weighted by Crippen LogP contribution is 2.32. The zero-order valence-corrected chi connectivity index (χ0v) is 13.0. The highest BCUT2D eigenvalue weighted by atomic mass is 19.4. The molecular formula is C16H16F3N3O2. The van der Waals surface area contributed by atoms with Crippen LogP contribution in [0.3, 0.4) is 0 Å². The highest BCUT2D eigenvalue weighted by Gasteiger charge is 2.36. The summed E-state index contributed by atoms with van der Waals surface area (Å²) in [6.07, 6.45) is -2.94. The van der Waals surface area contributed by atoms with E-state index in [0.717, 1.165) is 0 Å². The Morgan fingerprint density at radius 2 is 2.08 bits per heavy atom. The predicted octanol–water partition coefficient (Wildman–Crippen LogP) is 2.76. The lowest BCUT2D eigenvalue weighted by Crippen LogP contribution is -2.11. The van der Waals surface area contributed by atoms with Crippen LogP contribution in [-0.2, 0) is 19.1 Å². The standard InChI is InChI=1S/C16H16F3N3O2/c1-24-14-5-4-11(8-20)7-13(14)10-22-9-12(3-2-6-23)15(21-22)16(17,18)19/h4-5,7,9,23H,2-3,6,10H2,1H3. The van der Waals surface area contributed by atoms with Crippen LogP contribution in [0.25, 0.3) is 0 Å². The van der Waals surface area contributed by atoms with Crippen LogP contribution in [0.2, 0.25) is 0 Å². The van der Waals surface area contributed by atoms with Gasteiger partial charge in [-0.2, -0.15) is 23.5 Å². The van der Waals surface area contributed by atoms with Gasteiger partial charge in [0, 0.05) is 23.9 Å². The van der Waals surface area contributed by atoms with E-state index in [1.807, 2.05) is 6.07 Å². The normalized spacial score (nSPS) is 11.3. The highest BCUT2D eigenvalue weighted by molar-refractivity contribution is 5.42. The van der Waals surface area contributed by atoms with E-state index in [4.69, 9.17) is 15.1 Å². The van der Waals surface area contributed by atoms with Gasteiger partial charge in [-0.05, 0) is 31.0 Å². The van der Waals surface area contributed by atoms with Crippen molar-refractivity contribution in [3.63, 3.8) is 0 Å². The molecule has 8 heteroatoms. The van der Waals surface area contributed by atoms with Crippen LogP contribution in [0, 0.1) is 11.3 Å². The first-order valence-electron chi connectivity index (χ1n) is 7.20. The molecule has 0 atom stereocenters. The SMILES string of the molecule is COc1ccc(C#N)cc1Cn1cc(CCCO)c(C(F)(F)F)n1. The number of nitrogens with zero attached hydrogens (tertiary/aromatic N) is 3. The Kier molecular flexibility index (Phi) is 5.46. The van der Waals surface area contributed by atoms with Crippen molar-refractivity contribution in [3.05, 3.63) is 46.8 Å². The second-order valence-electron chi connectivity index (χ2n) is 5.16. The number of aliphatic hydroxyl groups excluding tert-OH is 1. The van der Waals surface area contributed by atoms with Gasteiger partial charge in [-0.1, -0.05) is 0 Å². The number of ether oxygens (including phenoxy) is 1. The Hall–Kier alpha value is -2.53. The first-order valence-corrected chi connectivity index (χ1v) is 7.20. The molecule has 0 aliphatic carbocycles. The molecule has 128 valence electrons. The molecule has 0 aliphatic rings. The number of aliphatic hydroxyl groups is 1. The molecule has 0 spiro atoms. The maximum Gasteiger partial charge on any atom is 0.435 e. The summed E-state index contributed by atoms with van der Waals surface area (Å²) in [7, 11) is 1.45. The summed E-state index contributed by atoms with van der Waals surface area (Å²) in [5, 5.41) is 21.4. The summed E-state index contributed by atoms with van der Waals surface area (Å²) in [6.45, 7) is -0.151. The molecule has 1 aromatic heterocycles. The molecule has 0 fully saturated rings. The molecule has 1 N–H and O–H groups in total. The van der Waals surface area contributed by atoms with Crippen molar-refractivity contribution >= 4 is 0 Å². The van der Waals surface area contributed by atoms with E-state index in [1.165, 1.54) is 18.0 Å². The molecule has 2 rings (SSSR count). The van der Waals surface area contributed by atoms with Crippen LogP contribution in [0.15, 0.2) is 24.4 Å². The fraction of sp³-hybridized carbons (Fsp3) is 0.375. The number of methoxy groups -OCH3 is 1. The van der Waals surface area contributed by atoms with Gasteiger partial charge in [0.15, 0.2) is 5.69 Å². The Morgan fingerprint density at radius 3 is 2.67 bits per heavy atom. The number of nitriles is 1. The van der Waals surface area contributed by atoms with E-state index in [9.17, 15) is 13.2 Å². The van der Waals surface area contributed by atoms with Crippen LogP contribution in [-0.4, -0.2) is 28.6 Å². The molecule has 0 bridgehead atoms. The monoisotopic (exact) mass is 339 g/mol. The topological polar surface area (TPSA) is 71.1 Å². The average molecular weight is 339 g/mol. The van der Waals surface area contributed by atoms with Crippen molar-refractivity contribution in [3.8, 4) is 11.8 Å². The van der Waals surface area contributed by atoms with Crippen molar-refractivity contribution in [2.75, 3.05) is 13.7 Å². The van der Waals surface area contributed by atoms with Gasteiger partial charge in [-0.25, -0.2) is 0 Å². The van der Waals surface area contributed by atoms with Crippen LogP contribution in [0.1, 0.15) is 28.8 Å². The summed E-state index contributed by atoms with van der Waals surface area (Å²) < 4.78 is 45.6. The summed E-state index contributed by atoms with van der Waals surface area (Å²) in [4.78, 5) is 0. The van der Waals surface area contributed by atoms with E-state index in [-0.39, 0.29) is 31.6 Å². The van der Waals surface area contributed by atoms with Gasteiger partial charge in [0.05, 0.1) is 25.3 Å². The number of alkyl halides is 3. The number of hydrogen-bond donors (Lipinski definition) is 1. The molecule has 0 amide bonds. The first kappa shape index (κ1) is 17.8. The average Bonchev–Trinajstić information content (AvgIpc) is 2.96. The number of aryl methyl sites for hydroxylation is 1. The van der Waals surface area contributed by atoms with Crippen molar-refractivity contribution in [1.29, 1.82) is 5.26 Å². The van der Waals surface area contributed by atoms with Gasteiger partial charge >= 0.3 is 6.18 Å². The Labute approximate surface area is 136 Å². The third kappa shape index (κ3) is 4.06. The van der Waals surface area contributed by atoms with Crippen molar-refractivity contribution < 1.29 is 23.0 Å². The van der Waals surface area contributed by atoms with Crippen LogP contribution in [0.4, 0.5) is 13.2 Å². The minimum atomic E-state index is -4.56. The zero-order valence-electron chi connectivity index (χ0n) is 13.0. The molecular weight excluding hydrogens is 323 g/mol. The van der Waals surface area contributed by atoms with Crippen LogP contribution >= 0.6 is 0 Å². The lowest BCUT2D eigenvalue weighted by molar-refractivity contribution is -0.142. The van der Waals surface area contributed by atoms with Gasteiger partial charge < -0.3 is 9.84 Å². The summed E-state index contributed by atoms with van der Waals surface area (Å²) >= 11 is 0. The molecule has 0 saturated carbocycles. The third-order valence-corrected chi connectivity index (χ3v) is 3.45. The Morgan fingerprint density at radius 1 is 1.33 bits per heavy atom. The van der Waals surface area contributed by atoms with E-state index in [2.05, 4.69) is 5.10 Å². The summed E-state index contributed by atoms with van der Waals surface area (Å²) in [5.74, 6) is 0.468. The minimum Gasteiger partial charge on any atom is -0.496 e. The minimum absolute atomic E-state index is 0.0342. The largest absolute Gasteiger partial charge is 0.496 e. The molecule has 0 unspecified atom stereocenters. The number of hydrogen-bond acceptors (Lipinski definition) is 4. The summed E-state index contributed by atoms with van der Waals surface area (Å²) in [6, 6.07) is 6.70. The van der Waals surface area contributed by atoms with Gasteiger partial charge in [0.2, 0.25) is 0 Å². The predicted molar refractivity (Wildman–Crippen MR) is 79.4 cm³/mol. The lowest BCUT2D eigenvalue weighted by atomic mass is 10.1. The fourth-order valence-electron chi connectivity index (χ4n) is 2.38. The second-order valence-corrected chi connectivity index (χ2v) is 5.16. The fourth-order valence-corrected chi connectivity index (χ4v) is 2.38. The van der Waals surface area contributed by atoms with Crippen LogP contribution in [0.5, 0.6) is 5.75 Å². The van der Waals surface area contributed by atoms with Crippen LogP contribution < -0.4 is 4.74 Å². The number of rotatable bonds is 6. The smallest absolute Gasteiger partial charge is 0.435 e. The second kappa shape index (κ2) is 7.36. The maximum absolute atomic E-state index is 13.1. The Bertz CT molecular complexity index is 748. The van der Waals surface area contributed by atoms with Gasteiger partial charge in [0.25, 0.3) is 0 Å². The molecule has 1 aromatic carbocycles. The molecule has 1 heterocycles. The van der Waals surface area contributed by atoms with Crippen molar-refractivity contribution in [2.24, 2.45) is 0 Å². The molecule has 0 aliphatic heterocycles. The summed E-state index contributed by atoms with van der Waals surface area (Å²) in [5.41, 5.74) is 0.0225. The molecule has 0 radical (unpaired) electrons. The third-order valence-electron chi connectivity index (χ3n) is 3.45. The van der Waals surface area contributed by atoms with E-state index in [1.54, 1.807) is 18.2 Å². The Balaban J connectivity index is 2.37. The quantitative estimate of drug-likeness (QED) is 0.878. The van der Waals surface area contributed by atoms with E-state index >= 15 is 0 Å². The van der Waals surface area contributed by atoms with Crippen molar-refractivity contribution in [2.45, 2.75) is 25.6 Å².